The predicted octanol–water partition coefficient (Wildman–Crippen LogP) is 2.29. The molecule has 4 heteroatoms. The molecule has 0 saturated heterocycles. The second-order valence-corrected chi connectivity index (χ2v) is 2.79. The first kappa shape index (κ1) is 11.2. The maximum atomic E-state index is 12.8. The van der Waals surface area contributed by atoms with E-state index in [9.17, 15) is 14.3 Å². The number of esters is 1. The van der Waals surface area contributed by atoms with Crippen molar-refractivity contribution in [3.8, 4) is 0 Å². The van der Waals surface area contributed by atoms with Crippen molar-refractivity contribution in [1.82, 2.24) is 0 Å². The van der Waals surface area contributed by atoms with Gasteiger partial charge in [-0.15, -0.1) is 0 Å². The molecule has 1 N–H and O–H groups in total. The van der Waals surface area contributed by atoms with Crippen LogP contribution in [0.1, 0.15) is 12.5 Å². The number of rotatable bonds is 3. The van der Waals surface area contributed by atoms with E-state index >= 15 is 0 Å². The van der Waals surface area contributed by atoms with Gasteiger partial charge in [0.2, 0.25) is 0 Å². The molecule has 15 heavy (non-hydrogen) atoms. The van der Waals surface area contributed by atoms with Crippen molar-refractivity contribution in [1.29, 1.82) is 0 Å². The summed E-state index contributed by atoms with van der Waals surface area (Å²) in [5.74, 6) is -1.44. The van der Waals surface area contributed by atoms with Crippen LogP contribution in [0.4, 0.5) is 4.39 Å². The molecule has 0 aliphatic carbocycles. The van der Waals surface area contributed by atoms with Gasteiger partial charge in [0.05, 0.1) is 12.7 Å². The number of hydrogen-bond donors (Lipinski definition) is 1. The molecule has 0 aliphatic rings. The van der Waals surface area contributed by atoms with Crippen molar-refractivity contribution in [3.05, 3.63) is 41.7 Å². The Bertz CT molecular complexity index is 385. The molecule has 1 rings (SSSR count). The molecule has 0 aromatic heterocycles. The summed E-state index contributed by atoms with van der Waals surface area (Å²) in [6, 6.07) is 5.32. The van der Waals surface area contributed by atoms with Gasteiger partial charge in [0.1, 0.15) is 11.6 Å². The Morgan fingerprint density at radius 1 is 1.60 bits per heavy atom. The highest BCUT2D eigenvalue weighted by molar-refractivity contribution is 5.89. The zero-order chi connectivity index (χ0) is 11.3. The lowest BCUT2D eigenvalue weighted by atomic mass is 10.2. The molecule has 0 atom stereocenters. The van der Waals surface area contributed by atoms with Crippen molar-refractivity contribution in [2.75, 3.05) is 6.61 Å². The minimum Gasteiger partial charge on any atom is -0.507 e. The van der Waals surface area contributed by atoms with Crippen LogP contribution in [0.2, 0.25) is 0 Å². The third-order valence-electron chi connectivity index (χ3n) is 1.66. The molecular weight excluding hydrogens is 199 g/mol. The summed E-state index contributed by atoms with van der Waals surface area (Å²) in [5, 5.41) is 9.44. The normalized spacial score (nSPS) is 11.2. The van der Waals surface area contributed by atoms with Crippen molar-refractivity contribution in [3.63, 3.8) is 0 Å². The molecule has 3 nitrogen and oxygen atoms in total. The minimum atomic E-state index is -0.653. The van der Waals surface area contributed by atoms with E-state index in [1.807, 2.05) is 0 Å². The molecule has 0 spiro atoms. The Morgan fingerprint density at radius 3 is 2.93 bits per heavy atom. The van der Waals surface area contributed by atoms with Gasteiger partial charge in [-0.25, -0.2) is 9.18 Å². The van der Waals surface area contributed by atoms with Crippen LogP contribution in [0.25, 0.3) is 5.76 Å². The lowest BCUT2D eigenvalue weighted by molar-refractivity contribution is -0.137. The number of aliphatic hydroxyl groups is 1. The Morgan fingerprint density at radius 2 is 2.33 bits per heavy atom. The van der Waals surface area contributed by atoms with Crippen LogP contribution in [-0.2, 0) is 9.53 Å². The highest BCUT2D eigenvalue weighted by Crippen LogP contribution is 2.12. The van der Waals surface area contributed by atoms with Gasteiger partial charge in [0, 0.05) is 5.56 Å². The van der Waals surface area contributed by atoms with Crippen LogP contribution < -0.4 is 0 Å². The van der Waals surface area contributed by atoms with Crippen LogP contribution in [0.3, 0.4) is 0 Å². The van der Waals surface area contributed by atoms with Crippen molar-refractivity contribution in [2.45, 2.75) is 6.92 Å². The van der Waals surface area contributed by atoms with E-state index in [2.05, 4.69) is 4.74 Å². The number of hydrogen-bond acceptors (Lipinski definition) is 3. The van der Waals surface area contributed by atoms with Crippen LogP contribution in [0.5, 0.6) is 0 Å². The van der Waals surface area contributed by atoms with E-state index in [1.54, 1.807) is 6.92 Å². The standard InChI is InChI=1S/C11H11FO3/c1-2-15-11(14)7-10(13)8-4-3-5-9(12)6-8/h3-7,13H,2H2,1H3/b10-7-. The summed E-state index contributed by atoms with van der Waals surface area (Å²) in [4.78, 5) is 11.0. The van der Waals surface area contributed by atoms with E-state index in [1.165, 1.54) is 18.2 Å². The van der Waals surface area contributed by atoms with E-state index in [4.69, 9.17) is 0 Å². The van der Waals surface area contributed by atoms with Crippen molar-refractivity contribution >= 4 is 11.7 Å². The van der Waals surface area contributed by atoms with Crippen LogP contribution in [-0.4, -0.2) is 17.7 Å². The summed E-state index contributed by atoms with van der Waals surface area (Å²) in [5.41, 5.74) is 0.239. The van der Waals surface area contributed by atoms with E-state index in [0.717, 1.165) is 12.1 Å². The monoisotopic (exact) mass is 210 g/mol. The number of ether oxygens (including phenoxy) is 1. The lowest BCUT2D eigenvalue weighted by Gasteiger charge is -2.00. The largest absolute Gasteiger partial charge is 0.507 e. The van der Waals surface area contributed by atoms with E-state index in [-0.39, 0.29) is 17.9 Å². The molecule has 0 aliphatic heterocycles. The molecular formula is C11H11FO3. The maximum absolute atomic E-state index is 12.8. The summed E-state index contributed by atoms with van der Waals surface area (Å²) in [7, 11) is 0. The summed E-state index contributed by atoms with van der Waals surface area (Å²) < 4.78 is 17.4. The van der Waals surface area contributed by atoms with Gasteiger partial charge < -0.3 is 9.84 Å². The fraction of sp³-hybridized carbons (Fsp3) is 0.182. The summed E-state index contributed by atoms with van der Waals surface area (Å²) in [6.07, 6.45) is 0.915. The van der Waals surface area contributed by atoms with Gasteiger partial charge in [-0.3, -0.25) is 0 Å². The van der Waals surface area contributed by atoms with Gasteiger partial charge in [0.25, 0.3) is 0 Å². The van der Waals surface area contributed by atoms with Gasteiger partial charge in [-0.2, -0.15) is 0 Å². The minimum absolute atomic E-state index is 0.228. The Hall–Kier alpha value is -1.84. The van der Waals surface area contributed by atoms with Gasteiger partial charge in [-0.1, -0.05) is 12.1 Å². The van der Waals surface area contributed by atoms with Crippen molar-refractivity contribution in [2.24, 2.45) is 0 Å². The maximum Gasteiger partial charge on any atom is 0.334 e. The molecule has 0 fully saturated rings. The average Bonchev–Trinajstić information content (AvgIpc) is 2.18. The Balaban J connectivity index is 2.84. The molecule has 80 valence electrons. The van der Waals surface area contributed by atoms with E-state index in [0.29, 0.717) is 0 Å². The van der Waals surface area contributed by atoms with E-state index < -0.39 is 11.8 Å². The zero-order valence-corrected chi connectivity index (χ0v) is 8.24. The second kappa shape index (κ2) is 5.14. The predicted molar refractivity (Wildman–Crippen MR) is 53.6 cm³/mol. The number of aliphatic hydroxyl groups excluding tert-OH is 1. The Labute approximate surface area is 86.8 Å². The third kappa shape index (κ3) is 3.42. The van der Waals surface area contributed by atoms with Crippen LogP contribution in [0.15, 0.2) is 30.3 Å². The number of carbonyl (C=O) groups excluding carboxylic acids is 1. The first-order valence-corrected chi connectivity index (χ1v) is 4.47. The Kier molecular flexibility index (Phi) is 3.85. The van der Waals surface area contributed by atoms with Crippen LogP contribution in [0, 0.1) is 5.82 Å². The SMILES string of the molecule is CCOC(=O)/C=C(\O)c1cccc(F)c1. The zero-order valence-electron chi connectivity index (χ0n) is 8.24. The quantitative estimate of drug-likeness (QED) is 0.473. The summed E-state index contributed by atoms with van der Waals surface area (Å²) >= 11 is 0. The lowest BCUT2D eigenvalue weighted by Crippen LogP contribution is -2.00. The molecule has 0 unspecified atom stereocenters. The topological polar surface area (TPSA) is 46.5 Å². The first-order chi connectivity index (χ1) is 7.13. The van der Waals surface area contributed by atoms with Crippen molar-refractivity contribution < 1.29 is 19.0 Å². The van der Waals surface area contributed by atoms with Gasteiger partial charge >= 0.3 is 5.97 Å². The number of carbonyl (C=O) groups is 1. The van der Waals surface area contributed by atoms with Crippen LogP contribution >= 0.6 is 0 Å². The number of halogens is 1. The fourth-order valence-electron chi connectivity index (χ4n) is 1.03. The fourth-order valence-corrected chi connectivity index (χ4v) is 1.03. The molecule has 0 heterocycles. The molecule has 1 aromatic carbocycles. The highest BCUT2D eigenvalue weighted by atomic mass is 19.1. The molecule has 0 amide bonds. The second-order valence-electron chi connectivity index (χ2n) is 2.79. The molecule has 0 saturated carbocycles. The first-order valence-electron chi connectivity index (χ1n) is 4.47. The van der Waals surface area contributed by atoms with Gasteiger partial charge in [-0.05, 0) is 19.1 Å². The molecule has 0 bridgehead atoms. The third-order valence-corrected chi connectivity index (χ3v) is 1.66. The molecule has 1 aromatic rings. The smallest absolute Gasteiger partial charge is 0.334 e. The highest BCUT2D eigenvalue weighted by Gasteiger charge is 2.04. The average molecular weight is 210 g/mol. The van der Waals surface area contributed by atoms with Gasteiger partial charge in [0.15, 0.2) is 0 Å². The number of benzene rings is 1. The summed E-state index contributed by atoms with van der Waals surface area (Å²) in [6.45, 7) is 1.89. The molecule has 0 radical (unpaired) electrons.